The molecule has 0 aliphatic heterocycles. The first kappa shape index (κ1) is 21.4. The lowest BCUT2D eigenvalue weighted by molar-refractivity contribution is -0.122. The van der Waals surface area contributed by atoms with Crippen LogP contribution in [-0.4, -0.2) is 17.9 Å². The number of para-hydroxylation sites is 1. The molecule has 0 spiro atoms. The summed E-state index contributed by atoms with van der Waals surface area (Å²) in [7, 11) is 0. The highest BCUT2D eigenvalue weighted by molar-refractivity contribution is 6.31. The first-order chi connectivity index (χ1) is 14.4. The van der Waals surface area contributed by atoms with Crippen molar-refractivity contribution in [2.24, 2.45) is 0 Å². The second kappa shape index (κ2) is 9.94. The number of amides is 2. The highest BCUT2D eigenvalue weighted by Crippen LogP contribution is 2.22. The van der Waals surface area contributed by atoms with E-state index >= 15 is 0 Å². The predicted molar refractivity (Wildman–Crippen MR) is 119 cm³/mol. The van der Waals surface area contributed by atoms with Gasteiger partial charge in [-0.2, -0.15) is 0 Å². The molecule has 6 heteroatoms. The average molecular weight is 423 g/mol. The van der Waals surface area contributed by atoms with Crippen molar-refractivity contribution >= 4 is 29.1 Å². The third-order valence-corrected chi connectivity index (χ3v) is 4.79. The molecule has 3 aromatic carbocycles. The van der Waals surface area contributed by atoms with Gasteiger partial charge in [-0.05, 0) is 49.2 Å². The Kier molecular flexibility index (Phi) is 7.09. The fraction of sp³-hybridized carbons (Fsp3) is 0.167. The summed E-state index contributed by atoms with van der Waals surface area (Å²) in [5, 5.41) is 6.23. The van der Waals surface area contributed by atoms with E-state index < -0.39 is 6.10 Å². The fourth-order valence-corrected chi connectivity index (χ4v) is 3.01. The average Bonchev–Trinajstić information content (AvgIpc) is 2.75. The van der Waals surface area contributed by atoms with E-state index in [2.05, 4.69) is 10.6 Å². The van der Waals surface area contributed by atoms with Gasteiger partial charge in [-0.25, -0.2) is 0 Å². The molecule has 0 radical (unpaired) electrons. The molecule has 0 saturated carbocycles. The number of aryl methyl sites for hydroxylation is 1. The minimum absolute atomic E-state index is 0.271. The summed E-state index contributed by atoms with van der Waals surface area (Å²) in [5.41, 5.74) is 2.87. The molecule has 0 saturated heterocycles. The number of nitrogens with one attached hydrogen (secondary N) is 2. The van der Waals surface area contributed by atoms with Crippen LogP contribution in [0.5, 0.6) is 5.75 Å². The van der Waals surface area contributed by atoms with Crippen molar-refractivity contribution in [1.29, 1.82) is 0 Å². The molecule has 0 fully saturated rings. The summed E-state index contributed by atoms with van der Waals surface area (Å²) in [6, 6.07) is 21.8. The van der Waals surface area contributed by atoms with Gasteiger partial charge in [0.2, 0.25) is 0 Å². The molecule has 0 aliphatic rings. The molecular formula is C24H23ClN2O3. The van der Waals surface area contributed by atoms with Crippen molar-refractivity contribution in [2.75, 3.05) is 5.32 Å². The van der Waals surface area contributed by atoms with Gasteiger partial charge in [0.25, 0.3) is 11.8 Å². The van der Waals surface area contributed by atoms with Crippen LogP contribution in [0.2, 0.25) is 5.02 Å². The van der Waals surface area contributed by atoms with Crippen LogP contribution < -0.4 is 15.4 Å². The Hall–Kier alpha value is -3.31. The minimum atomic E-state index is -0.813. The van der Waals surface area contributed by atoms with Crippen LogP contribution in [0.4, 0.5) is 5.69 Å². The van der Waals surface area contributed by atoms with E-state index in [9.17, 15) is 9.59 Å². The zero-order chi connectivity index (χ0) is 21.5. The summed E-state index contributed by atoms with van der Waals surface area (Å²) < 4.78 is 5.82. The molecule has 0 heterocycles. The highest BCUT2D eigenvalue weighted by Gasteiger charge is 2.19. The topological polar surface area (TPSA) is 67.4 Å². The molecule has 0 unspecified atom stereocenters. The fourth-order valence-electron chi connectivity index (χ4n) is 2.84. The van der Waals surface area contributed by atoms with Crippen molar-refractivity contribution in [3.05, 3.63) is 94.5 Å². The van der Waals surface area contributed by atoms with Gasteiger partial charge in [-0.1, -0.05) is 60.1 Å². The molecule has 2 N–H and O–H groups in total. The zero-order valence-corrected chi connectivity index (χ0v) is 17.6. The summed E-state index contributed by atoms with van der Waals surface area (Å²) in [4.78, 5) is 25.2. The number of carbonyl (C=O) groups is 2. The van der Waals surface area contributed by atoms with Crippen LogP contribution in [0.25, 0.3) is 0 Å². The summed E-state index contributed by atoms with van der Waals surface area (Å²) in [6.45, 7) is 3.91. The first-order valence-electron chi connectivity index (χ1n) is 9.59. The lowest BCUT2D eigenvalue weighted by Crippen LogP contribution is -2.31. The quantitative estimate of drug-likeness (QED) is 0.564. The van der Waals surface area contributed by atoms with Gasteiger partial charge >= 0.3 is 0 Å². The third kappa shape index (κ3) is 5.61. The van der Waals surface area contributed by atoms with Crippen molar-refractivity contribution in [3.63, 3.8) is 0 Å². The normalized spacial score (nSPS) is 11.4. The Morgan fingerprint density at radius 1 is 1.00 bits per heavy atom. The number of halogens is 1. The van der Waals surface area contributed by atoms with Crippen LogP contribution in [-0.2, 0) is 11.3 Å². The van der Waals surface area contributed by atoms with Gasteiger partial charge < -0.3 is 15.4 Å². The molecule has 3 rings (SSSR count). The number of hydrogen-bond donors (Lipinski definition) is 2. The van der Waals surface area contributed by atoms with E-state index in [0.29, 0.717) is 28.6 Å². The van der Waals surface area contributed by atoms with Crippen molar-refractivity contribution in [1.82, 2.24) is 5.32 Å². The monoisotopic (exact) mass is 422 g/mol. The Morgan fingerprint density at radius 2 is 1.70 bits per heavy atom. The largest absolute Gasteiger partial charge is 0.480 e. The van der Waals surface area contributed by atoms with E-state index in [1.54, 1.807) is 43.3 Å². The van der Waals surface area contributed by atoms with Crippen LogP contribution in [0, 0.1) is 6.92 Å². The summed E-state index contributed by atoms with van der Waals surface area (Å²) in [6.07, 6.45) is -0.813. The summed E-state index contributed by atoms with van der Waals surface area (Å²) >= 11 is 6.01. The first-order valence-corrected chi connectivity index (χ1v) is 9.96. The van der Waals surface area contributed by atoms with E-state index in [4.69, 9.17) is 16.3 Å². The van der Waals surface area contributed by atoms with Crippen molar-refractivity contribution < 1.29 is 14.3 Å². The number of anilines is 1. The number of ether oxygens (including phenoxy) is 1. The standard InChI is InChI=1S/C24H23ClN2O3/c1-16-12-13-19(25)14-21(16)27-23(28)17(2)30-22-11-7-6-10-20(22)24(29)26-15-18-8-4-3-5-9-18/h3-14,17H,15H2,1-2H3,(H,26,29)(H,27,28)/t17-/m1/s1. The molecule has 5 nitrogen and oxygen atoms in total. The number of carbonyl (C=O) groups excluding carboxylic acids is 2. The third-order valence-electron chi connectivity index (χ3n) is 4.56. The van der Waals surface area contributed by atoms with Gasteiger partial charge in [-0.3, -0.25) is 9.59 Å². The Bertz CT molecular complexity index is 1040. The van der Waals surface area contributed by atoms with E-state index in [1.165, 1.54) is 0 Å². The molecule has 154 valence electrons. The second-order valence-corrected chi connectivity index (χ2v) is 7.31. The molecule has 3 aromatic rings. The number of rotatable bonds is 7. The SMILES string of the molecule is Cc1ccc(Cl)cc1NC(=O)[C@@H](C)Oc1ccccc1C(=O)NCc1ccccc1. The van der Waals surface area contributed by atoms with Gasteiger partial charge in [0.1, 0.15) is 5.75 Å². The maximum absolute atomic E-state index is 12.7. The smallest absolute Gasteiger partial charge is 0.265 e. The van der Waals surface area contributed by atoms with Crippen molar-refractivity contribution in [2.45, 2.75) is 26.5 Å². The van der Waals surface area contributed by atoms with Gasteiger partial charge in [-0.15, -0.1) is 0 Å². The Morgan fingerprint density at radius 3 is 2.47 bits per heavy atom. The zero-order valence-electron chi connectivity index (χ0n) is 16.8. The number of benzene rings is 3. The molecule has 1 atom stereocenters. The molecule has 0 aromatic heterocycles. The maximum atomic E-state index is 12.7. The van der Waals surface area contributed by atoms with Crippen LogP contribution >= 0.6 is 11.6 Å². The number of hydrogen-bond acceptors (Lipinski definition) is 3. The molecule has 2 amide bonds. The maximum Gasteiger partial charge on any atom is 0.265 e. The second-order valence-electron chi connectivity index (χ2n) is 6.87. The van der Waals surface area contributed by atoms with Crippen molar-refractivity contribution in [3.8, 4) is 5.75 Å². The lowest BCUT2D eigenvalue weighted by Gasteiger charge is -2.18. The van der Waals surface area contributed by atoms with Crippen LogP contribution in [0.3, 0.4) is 0 Å². The summed E-state index contributed by atoms with van der Waals surface area (Å²) in [5.74, 6) is -0.263. The Balaban J connectivity index is 1.66. The predicted octanol–water partition coefficient (Wildman–Crippen LogP) is 4.98. The highest BCUT2D eigenvalue weighted by atomic mass is 35.5. The Labute approximate surface area is 181 Å². The molecular weight excluding hydrogens is 400 g/mol. The van der Waals surface area contributed by atoms with E-state index in [-0.39, 0.29) is 11.8 Å². The molecule has 0 bridgehead atoms. The molecule has 0 aliphatic carbocycles. The van der Waals surface area contributed by atoms with Gasteiger partial charge in [0.05, 0.1) is 5.56 Å². The minimum Gasteiger partial charge on any atom is -0.480 e. The van der Waals surface area contributed by atoms with E-state index in [1.807, 2.05) is 43.3 Å². The van der Waals surface area contributed by atoms with Gasteiger partial charge in [0.15, 0.2) is 6.10 Å². The lowest BCUT2D eigenvalue weighted by atomic mass is 10.1. The molecule has 30 heavy (non-hydrogen) atoms. The van der Waals surface area contributed by atoms with Crippen LogP contribution in [0.15, 0.2) is 72.8 Å². The van der Waals surface area contributed by atoms with Crippen LogP contribution in [0.1, 0.15) is 28.4 Å². The van der Waals surface area contributed by atoms with Gasteiger partial charge in [0, 0.05) is 17.3 Å². The van der Waals surface area contributed by atoms with E-state index in [0.717, 1.165) is 11.1 Å².